The van der Waals surface area contributed by atoms with E-state index in [4.69, 9.17) is 5.73 Å². The second-order valence-corrected chi connectivity index (χ2v) is 5.52. The number of hydrogen-bond donors (Lipinski definition) is 2. The molecule has 27 heavy (non-hydrogen) atoms. The molecule has 0 spiro atoms. The summed E-state index contributed by atoms with van der Waals surface area (Å²) in [6.07, 6.45) is -1.17. The van der Waals surface area contributed by atoms with Crippen molar-refractivity contribution in [2.75, 3.05) is 5.32 Å². The number of guanidine groups is 1. The smallest absolute Gasteiger partial charge is 0.406 e. The topological polar surface area (TPSA) is 77.5 Å². The minimum absolute atomic E-state index is 0.149. The average Bonchev–Trinajstić information content (AvgIpc) is 3.16. The Balaban J connectivity index is 1.56. The Morgan fingerprint density at radius 1 is 1.11 bits per heavy atom. The molecule has 0 fully saturated rings. The zero-order valence-electron chi connectivity index (χ0n) is 14.0. The number of benzene rings is 2. The first-order chi connectivity index (χ1) is 12.9. The highest BCUT2D eigenvalue weighted by atomic mass is 19.4. The number of anilines is 1. The average molecular weight is 375 g/mol. The molecule has 1 heterocycles. The van der Waals surface area contributed by atoms with Crippen LogP contribution in [0, 0.1) is 0 Å². The van der Waals surface area contributed by atoms with Crippen molar-refractivity contribution in [3.05, 3.63) is 72.6 Å². The number of alkyl halides is 3. The highest BCUT2D eigenvalue weighted by Gasteiger charge is 2.30. The molecular formula is C18H16F3N5O. The lowest BCUT2D eigenvalue weighted by atomic mass is 10.2. The molecule has 9 heteroatoms. The Bertz CT molecular complexity index is 888. The van der Waals surface area contributed by atoms with Gasteiger partial charge in [-0.05, 0) is 48.0 Å². The van der Waals surface area contributed by atoms with Crippen LogP contribution in [0.15, 0.2) is 72.0 Å². The predicted molar refractivity (Wildman–Crippen MR) is 95.6 cm³/mol. The molecule has 0 saturated carbocycles. The van der Waals surface area contributed by atoms with Gasteiger partial charge in [0.25, 0.3) is 0 Å². The van der Waals surface area contributed by atoms with Gasteiger partial charge in [0.1, 0.15) is 5.75 Å². The Morgan fingerprint density at radius 3 is 2.41 bits per heavy atom. The number of nitrogens with two attached hydrogens (primary N) is 1. The van der Waals surface area contributed by atoms with Crippen LogP contribution in [0.25, 0.3) is 5.69 Å². The van der Waals surface area contributed by atoms with Crippen LogP contribution in [0.4, 0.5) is 18.9 Å². The second-order valence-electron chi connectivity index (χ2n) is 5.52. The lowest BCUT2D eigenvalue weighted by molar-refractivity contribution is -0.274. The summed E-state index contributed by atoms with van der Waals surface area (Å²) in [6, 6.07) is 14.7. The molecule has 1 aromatic heterocycles. The predicted octanol–water partition coefficient (Wildman–Crippen LogP) is 3.70. The Hall–Kier alpha value is -3.49. The first-order valence-corrected chi connectivity index (χ1v) is 7.91. The van der Waals surface area contributed by atoms with Gasteiger partial charge < -0.3 is 15.8 Å². The van der Waals surface area contributed by atoms with Crippen LogP contribution in [0.2, 0.25) is 0 Å². The molecule has 3 aromatic rings. The van der Waals surface area contributed by atoms with Crippen LogP contribution in [-0.2, 0) is 6.54 Å². The molecular weight excluding hydrogens is 359 g/mol. The maximum atomic E-state index is 12.1. The third-order valence-corrected chi connectivity index (χ3v) is 3.50. The summed E-state index contributed by atoms with van der Waals surface area (Å²) in [7, 11) is 0. The largest absolute Gasteiger partial charge is 0.573 e. The third-order valence-electron chi connectivity index (χ3n) is 3.50. The van der Waals surface area contributed by atoms with E-state index in [1.165, 1.54) is 24.3 Å². The number of nitrogens with zero attached hydrogens (tertiary/aromatic N) is 3. The monoisotopic (exact) mass is 375 g/mol. The van der Waals surface area contributed by atoms with Crippen molar-refractivity contribution in [2.24, 2.45) is 10.7 Å². The van der Waals surface area contributed by atoms with Crippen LogP contribution in [0.3, 0.4) is 0 Å². The molecule has 0 radical (unpaired) electrons. The van der Waals surface area contributed by atoms with E-state index in [1.807, 2.05) is 36.5 Å². The van der Waals surface area contributed by atoms with Crippen LogP contribution in [0.5, 0.6) is 5.75 Å². The summed E-state index contributed by atoms with van der Waals surface area (Å²) < 4.78 is 42.0. The van der Waals surface area contributed by atoms with E-state index in [-0.39, 0.29) is 11.7 Å². The normalized spacial score (nSPS) is 12.0. The number of ether oxygens (including phenoxy) is 1. The van der Waals surface area contributed by atoms with Gasteiger partial charge in [0, 0.05) is 18.1 Å². The maximum Gasteiger partial charge on any atom is 0.573 e. The maximum absolute atomic E-state index is 12.1. The van der Waals surface area contributed by atoms with E-state index in [1.54, 1.807) is 10.9 Å². The lowest BCUT2D eigenvalue weighted by Crippen LogP contribution is -2.22. The summed E-state index contributed by atoms with van der Waals surface area (Å²) in [5, 5.41) is 6.96. The highest BCUT2D eigenvalue weighted by Crippen LogP contribution is 2.23. The van der Waals surface area contributed by atoms with E-state index in [9.17, 15) is 13.2 Å². The number of hydrogen-bond acceptors (Lipinski definition) is 3. The molecule has 6 nitrogen and oxygen atoms in total. The second kappa shape index (κ2) is 7.81. The van der Waals surface area contributed by atoms with E-state index in [0.717, 1.165) is 11.3 Å². The number of aromatic nitrogens is 2. The quantitative estimate of drug-likeness (QED) is 0.527. The van der Waals surface area contributed by atoms with Gasteiger partial charge in [-0.25, -0.2) is 9.67 Å². The minimum atomic E-state index is -4.72. The lowest BCUT2D eigenvalue weighted by Gasteiger charge is -2.10. The summed E-state index contributed by atoms with van der Waals surface area (Å²) in [4.78, 5) is 4.21. The molecule has 0 aliphatic carbocycles. The fourth-order valence-electron chi connectivity index (χ4n) is 2.28. The van der Waals surface area contributed by atoms with Gasteiger partial charge in [0.05, 0.1) is 12.2 Å². The first-order valence-electron chi connectivity index (χ1n) is 7.91. The van der Waals surface area contributed by atoms with Crippen molar-refractivity contribution in [1.82, 2.24) is 9.78 Å². The molecule has 3 N–H and O–H groups in total. The zero-order valence-corrected chi connectivity index (χ0v) is 14.0. The molecule has 0 amide bonds. The fourth-order valence-corrected chi connectivity index (χ4v) is 2.28. The SMILES string of the molecule is NC(=NCc1ccc(-n2cccn2)cc1)Nc1ccc(OC(F)(F)F)cc1. The Labute approximate surface area is 153 Å². The van der Waals surface area contributed by atoms with E-state index in [2.05, 4.69) is 20.1 Å². The van der Waals surface area contributed by atoms with Crippen molar-refractivity contribution in [2.45, 2.75) is 12.9 Å². The Morgan fingerprint density at radius 2 is 1.81 bits per heavy atom. The zero-order chi connectivity index (χ0) is 19.3. The van der Waals surface area contributed by atoms with Crippen molar-refractivity contribution in [3.63, 3.8) is 0 Å². The molecule has 0 atom stereocenters. The van der Waals surface area contributed by atoms with Crippen molar-refractivity contribution in [3.8, 4) is 11.4 Å². The summed E-state index contributed by atoms with van der Waals surface area (Å²) in [5.74, 6) is -0.156. The summed E-state index contributed by atoms with van der Waals surface area (Å²) in [5.41, 5.74) is 8.19. The fraction of sp³-hybridized carbons (Fsp3) is 0.111. The number of halogens is 3. The van der Waals surface area contributed by atoms with Gasteiger partial charge in [-0.15, -0.1) is 13.2 Å². The molecule has 140 valence electrons. The summed E-state index contributed by atoms with van der Waals surface area (Å²) >= 11 is 0. The number of aliphatic imine (C=N–C) groups is 1. The van der Waals surface area contributed by atoms with Gasteiger partial charge in [-0.1, -0.05) is 12.1 Å². The molecule has 0 bridgehead atoms. The van der Waals surface area contributed by atoms with Crippen LogP contribution >= 0.6 is 0 Å². The van der Waals surface area contributed by atoms with Crippen molar-refractivity contribution in [1.29, 1.82) is 0 Å². The minimum Gasteiger partial charge on any atom is -0.406 e. The van der Waals surface area contributed by atoms with E-state index < -0.39 is 6.36 Å². The van der Waals surface area contributed by atoms with Crippen LogP contribution < -0.4 is 15.8 Å². The standard InChI is InChI=1S/C18H16F3N5O/c19-18(20,21)27-16-8-4-14(5-9-16)25-17(22)23-12-13-2-6-15(7-3-13)26-11-1-10-24-26/h1-11H,12H2,(H3,22,23,25). The van der Waals surface area contributed by atoms with E-state index in [0.29, 0.717) is 12.2 Å². The van der Waals surface area contributed by atoms with Gasteiger partial charge >= 0.3 is 6.36 Å². The molecule has 0 aliphatic heterocycles. The summed E-state index contributed by atoms with van der Waals surface area (Å²) in [6.45, 7) is 0.355. The third kappa shape index (κ3) is 5.50. The molecule has 2 aromatic carbocycles. The number of rotatable bonds is 5. The highest BCUT2D eigenvalue weighted by molar-refractivity contribution is 5.92. The van der Waals surface area contributed by atoms with Crippen LogP contribution in [-0.4, -0.2) is 22.1 Å². The van der Waals surface area contributed by atoms with Crippen molar-refractivity contribution >= 4 is 11.6 Å². The van der Waals surface area contributed by atoms with Gasteiger partial charge in [-0.3, -0.25) is 0 Å². The van der Waals surface area contributed by atoms with Crippen LogP contribution in [0.1, 0.15) is 5.56 Å². The van der Waals surface area contributed by atoms with E-state index >= 15 is 0 Å². The molecule has 0 aliphatic rings. The molecule has 0 unspecified atom stereocenters. The van der Waals surface area contributed by atoms with Crippen molar-refractivity contribution < 1.29 is 17.9 Å². The molecule has 0 saturated heterocycles. The number of nitrogens with one attached hydrogen (secondary N) is 1. The van der Waals surface area contributed by atoms with Gasteiger partial charge in [0.2, 0.25) is 0 Å². The van der Waals surface area contributed by atoms with Gasteiger partial charge in [-0.2, -0.15) is 5.10 Å². The first kappa shape index (κ1) is 18.3. The van der Waals surface area contributed by atoms with Gasteiger partial charge in [0.15, 0.2) is 5.96 Å². The Kier molecular flexibility index (Phi) is 5.30. The molecule has 3 rings (SSSR count).